The molecule has 0 aromatic rings. The Kier molecular flexibility index (Phi) is 5.20. The molecule has 2 nitrogen and oxygen atoms in total. The minimum Gasteiger partial charge on any atom is -0.390 e. The highest BCUT2D eigenvalue weighted by Gasteiger charge is 2.21. The molecule has 0 saturated carbocycles. The van der Waals surface area contributed by atoms with E-state index in [2.05, 4.69) is 26.0 Å². The monoisotopic (exact) mass is 198 g/mol. The van der Waals surface area contributed by atoms with Gasteiger partial charge in [-0.1, -0.05) is 26.0 Å². The van der Waals surface area contributed by atoms with E-state index in [1.165, 1.54) is 0 Å². The maximum Gasteiger partial charge on any atom is 0.0838 e. The molecule has 0 spiro atoms. The van der Waals surface area contributed by atoms with Crippen molar-refractivity contribution in [2.75, 3.05) is 0 Å². The van der Waals surface area contributed by atoms with Crippen LogP contribution in [-0.4, -0.2) is 23.4 Å². The molecule has 1 heterocycles. The average Bonchev–Trinajstić information content (AvgIpc) is 2.29. The van der Waals surface area contributed by atoms with E-state index in [0.717, 1.165) is 32.1 Å². The molecule has 0 aromatic heterocycles. The Morgan fingerprint density at radius 2 is 2.07 bits per heavy atom. The molecule has 0 unspecified atom stereocenters. The fourth-order valence-corrected chi connectivity index (χ4v) is 1.86. The molecule has 0 radical (unpaired) electrons. The summed E-state index contributed by atoms with van der Waals surface area (Å²) in [4.78, 5) is 0. The molecule has 0 fully saturated rings. The molecule has 0 saturated heterocycles. The van der Waals surface area contributed by atoms with Crippen molar-refractivity contribution in [3.63, 3.8) is 0 Å². The summed E-state index contributed by atoms with van der Waals surface area (Å²) in [5, 5.41) is 9.84. The van der Waals surface area contributed by atoms with Crippen molar-refractivity contribution < 1.29 is 9.84 Å². The van der Waals surface area contributed by atoms with Gasteiger partial charge in [0.15, 0.2) is 0 Å². The summed E-state index contributed by atoms with van der Waals surface area (Å²) >= 11 is 0. The molecule has 1 aliphatic rings. The van der Waals surface area contributed by atoms with E-state index in [1.54, 1.807) is 0 Å². The summed E-state index contributed by atoms with van der Waals surface area (Å²) < 4.78 is 5.89. The van der Waals surface area contributed by atoms with Crippen LogP contribution in [0.5, 0.6) is 0 Å². The molecule has 1 aliphatic heterocycles. The van der Waals surface area contributed by atoms with Crippen molar-refractivity contribution in [2.24, 2.45) is 0 Å². The van der Waals surface area contributed by atoms with E-state index < -0.39 is 0 Å². The Labute approximate surface area is 87.0 Å². The number of aliphatic hydroxyl groups is 1. The van der Waals surface area contributed by atoms with Crippen molar-refractivity contribution in [3.05, 3.63) is 12.2 Å². The highest BCUT2D eigenvalue weighted by molar-refractivity contribution is 4.88. The van der Waals surface area contributed by atoms with Crippen molar-refractivity contribution in [1.82, 2.24) is 0 Å². The minimum absolute atomic E-state index is 0.0164. The number of hydrogen-bond donors (Lipinski definition) is 1. The van der Waals surface area contributed by atoms with Crippen LogP contribution in [0.4, 0.5) is 0 Å². The molecule has 0 aliphatic carbocycles. The van der Waals surface area contributed by atoms with E-state index in [1.807, 2.05) is 0 Å². The quantitative estimate of drug-likeness (QED) is 0.691. The lowest BCUT2D eigenvalue weighted by molar-refractivity contribution is -0.0789. The van der Waals surface area contributed by atoms with Gasteiger partial charge in [-0.25, -0.2) is 0 Å². The van der Waals surface area contributed by atoms with Crippen LogP contribution in [0, 0.1) is 0 Å². The Balaban J connectivity index is 2.58. The number of hydrogen-bond acceptors (Lipinski definition) is 2. The van der Waals surface area contributed by atoms with Crippen LogP contribution in [0.1, 0.15) is 46.0 Å². The molecule has 82 valence electrons. The number of rotatable bonds is 2. The first kappa shape index (κ1) is 11.7. The Morgan fingerprint density at radius 3 is 2.71 bits per heavy atom. The Bertz CT molecular complexity index is 177. The lowest BCUT2D eigenvalue weighted by Crippen LogP contribution is -2.31. The zero-order valence-electron chi connectivity index (χ0n) is 9.28. The van der Waals surface area contributed by atoms with Gasteiger partial charge in [0.2, 0.25) is 0 Å². The maximum atomic E-state index is 9.84. The van der Waals surface area contributed by atoms with Gasteiger partial charge in [-0.2, -0.15) is 0 Å². The first-order valence-electron chi connectivity index (χ1n) is 5.76. The van der Waals surface area contributed by atoms with E-state index in [-0.39, 0.29) is 12.2 Å². The van der Waals surface area contributed by atoms with Crippen molar-refractivity contribution in [2.45, 2.75) is 64.3 Å². The van der Waals surface area contributed by atoms with Gasteiger partial charge in [0.05, 0.1) is 18.3 Å². The highest BCUT2D eigenvalue weighted by Crippen LogP contribution is 2.18. The summed E-state index contributed by atoms with van der Waals surface area (Å²) in [6, 6.07) is 0. The zero-order valence-corrected chi connectivity index (χ0v) is 9.28. The molecule has 14 heavy (non-hydrogen) atoms. The summed E-state index contributed by atoms with van der Waals surface area (Å²) in [5.41, 5.74) is 0. The van der Waals surface area contributed by atoms with Crippen molar-refractivity contribution >= 4 is 0 Å². The maximum absolute atomic E-state index is 9.84. The van der Waals surface area contributed by atoms with Crippen LogP contribution in [-0.2, 0) is 4.74 Å². The van der Waals surface area contributed by atoms with Crippen LogP contribution in [0.15, 0.2) is 12.2 Å². The third-order valence-corrected chi connectivity index (χ3v) is 2.85. The van der Waals surface area contributed by atoms with E-state index in [0.29, 0.717) is 6.10 Å². The Morgan fingerprint density at radius 1 is 1.29 bits per heavy atom. The van der Waals surface area contributed by atoms with Crippen LogP contribution in [0.25, 0.3) is 0 Å². The van der Waals surface area contributed by atoms with Gasteiger partial charge in [0.1, 0.15) is 0 Å². The zero-order chi connectivity index (χ0) is 10.4. The molecular weight excluding hydrogens is 176 g/mol. The normalized spacial score (nSPS) is 36.9. The Hall–Kier alpha value is -0.340. The predicted octanol–water partition coefficient (Wildman–Crippen LogP) is 2.66. The second-order valence-corrected chi connectivity index (χ2v) is 3.96. The van der Waals surface area contributed by atoms with Gasteiger partial charge in [0.25, 0.3) is 0 Å². The molecule has 2 heteroatoms. The van der Waals surface area contributed by atoms with Crippen LogP contribution >= 0.6 is 0 Å². The highest BCUT2D eigenvalue weighted by atomic mass is 16.5. The summed E-state index contributed by atoms with van der Waals surface area (Å²) in [6.45, 7) is 4.22. The second-order valence-electron chi connectivity index (χ2n) is 3.96. The number of ether oxygens (including phenoxy) is 1. The first-order valence-corrected chi connectivity index (χ1v) is 5.76. The number of allylic oxidation sites excluding steroid dienone is 1. The summed E-state index contributed by atoms with van der Waals surface area (Å²) in [6.07, 6.45) is 9.06. The van der Waals surface area contributed by atoms with Gasteiger partial charge in [-0.05, 0) is 32.1 Å². The van der Waals surface area contributed by atoms with Crippen LogP contribution in [0.2, 0.25) is 0 Å². The van der Waals surface area contributed by atoms with Gasteiger partial charge >= 0.3 is 0 Å². The van der Waals surface area contributed by atoms with E-state index in [9.17, 15) is 5.11 Å². The summed E-state index contributed by atoms with van der Waals surface area (Å²) in [5.74, 6) is 0. The molecule has 0 bridgehead atoms. The fraction of sp³-hybridized carbons (Fsp3) is 0.833. The van der Waals surface area contributed by atoms with Gasteiger partial charge in [0, 0.05) is 0 Å². The number of aliphatic hydroxyl groups excluding tert-OH is 1. The van der Waals surface area contributed by atoms with Crippen molar-refractivity contribution in [3.8, 4) is 0 Å². The van der Waals surface area contributed by atoms with E-state index >= 15 is 0 Å². The molecule has 3 atom stereocenters. The molecule has 0 amide bonds. The molecule has 0 aromatic carbocycles. The molecular formula is C12H22O2. The van der Waals surface area contributed by atoms with Gasteiger partial charge < -0.3 is 9.84 Å². The third kappa shape index (κ3) is 3.43. The average molecular weight is 198 g/mol. The summed E-state index contributed by atoms with van der Waals surface area (Å²) in [7, 11) is 0. The first-order chi connectivity index (χ1) is 6.77. The lowest BCUT2D eigenvalue weighted by Gasteiger charge is -2.25. The largest absolute Gasteiger partial charge is 0.390 e. The second kappa shape index (κ2) is 6.20. The van der Waals surface area contributed by atoms with E-state index in [4.69, 9.17) is 4.74 Å². The minimum atomic E-state index is -0.330. The topological polar surface area (TPSA) is 29.5 Å². The van der Waals surface area contributed by atoms with Crippen LogP contribution < -0.4 is 0 Å². The van der Waals surface area contributed by atoms with Gasteiger partial charge in [-0.3, -0.25) is 0 Å². The molecule has 1 rings (SSSR count). The van der Waals surface area contributed by atoms with Crippen LogP contribution in [0.3, 0.4) is 0 Å². The smallest absolute Gasteiger partial charge is 0.0838 e. The SMILES string of the molecule is CC[C@@H]1CC/C=C\C[C@H](O)[C@H](CC)O1. The van der Waals surface area contributed by atoms with Gasteiger partial charge in [-0.15, -0.1) is 0 Å². The fourth-order valence-electron chi connectivity index (χ4n) is 1.86. The third-order valence-electron chi connectivity index (χ3n) is 2.85. The predicted molar refractivity (Wildman–Crippen MR) is 58.2 cm³/mol. The molecule has 1 N–H and O–H groups in total. The van der Waals surface area contributed by atoms with Crippen molar-refractivity contribution in [1.29, 1.82) is 0 Å². The lowest BCUT2D eigenvalue weighted by atomic mass is 10.1. The standard InChI is InChI=1S/C12H22O2/c1-3-10-8-6-5-7-9-11(13)12(4-2)14-10/h5,7,10-13H,3-4,6,8-9H2,1-2H3/b7-5-/t10-,11+,12+/m1/s1.